The SMILES string of the molecule is CCCC1(C(=O)OCC2CCCC2)CCNC1. The average molecular weight is 239 g/mol. The highest BCUT2D eigenvalue weighted by Gasteiger charge is 2.41. The minimum absolute atomic E-state index is 0.0521. The van der Waals surface area contributed by atoms with Gasteiger partial charge in [0.15, 0.2) is 0 Å². The van der Waals surface area contributed by atoms with Crippen molar-refractivity contribution in [2.75, 3.05) is 19.7 Å². The fraction of sp³-hybridized carbons (Fsp3) is 0.929. The lowest BCUT2D eigenvalue weighted by Crippen LogP contribution is -2.35. The van der Waals surface area contributed by atoms with E-state index < -0.39 is 0 Å². The van der Waals surface area contributed by atoms with E-state index in [4.69, 9.17) is 4.74 Å². The van der Waals surface area contributed by atoms with Crippen molar-refractivity contribution in [3.63, 3.8) is 0 Å². The van der Waals surface area contributed by atoms with E-state index in [1.807, 2.05) is 0 Å². The third-order valence-corrected chi connectivity index (χ3v) is 4.33. The number of hydrogen-bond donors (Lipinski definition) is 1. The molecule has 1 aliphatic carbocycles. The molecule has 98 valence electrons. The molecule has 1 unspecified atom stereocenters. The van der Waals surface area contributed by atoms with Crippen molar-refractivity contribution in [3.8, 4) is 0 Å². The van der Waals surface area contributed by atoms with E-state index in [-0.39, 0.29) is 11.4 Å². The zero-order valence-corrected chi connectivity index (χ0v) is 11.0. The van der Waals surface area contributed by atoms with Crippen molar-refractivity contribution in [1.82, 2.24) is 5.32 Å². The van der Waals surface area contributed by atoms with Crippen LogP contribution in [0.4, 0.5) is 0 Å². The third-order valence-electron chi connectivity index (χ3n) is 4.33. The molecule has 1 saturated carbocycles. The summed E-state index contributed by atoms with van der Waals surface area (Å²) in [4.78, 5) is 12.3. The topological polar surface area (TPSA) is 38.3 Å². The van der Waals surface area contributed by atoms with Gasteiger partial charge in [-0.15, -0.1) is 0 Å². The van der Waals surface area contributed by atoms with Gasteiger partial charge in [0.05, 0.1) is 12.0 Å². The van der Waals surface area contributed by atoms with Crippen LogP contribution in [0, 0.1) is 11.3 Å². The number of esters is 1. The van der Waals surface area contributed by atoms with Crippen LogP contribution in [0.3, 0.4) is 0 Å². The third kappa shape index (κ3) is 3.01. The molecule has 0 bridgehead atoms. The van der Waals surface area contributed by atoms with Crippen LogP contribution in [0.25, 0.3) is 0 Å². The van der Waals surface area contributed by atoms with E-state index in [1.165, 1.54) is 25.7 Å². The van der Waals surface area contributed by atoms with Crippen LogP contribution in [0.5, 0.6) is 0 Å². The Morgan fingerprint density at radius 1 is 1.41 bits per heavy atom. The highest BCUT2D eigenvalue weighted by Crippen LogP contribution is 2.33. The van der Waals surface area contributed by atoms with Gasteiger partial charge < -0.3 is 10.1 Å². The molecule has 1 atom stereocenters. The Kier molecular flexibility index (Phi) is 4.43. The first-order valence-corrected chi connectivity index (χ1v) is 7.15. The Balaban J connectivity index is 1.83. The lowest BCUT2D eigenvalue weighted by molar-refractivity contribution is -0.156. The van der Waals surface area contributed by atoms with Crippen LogP contribution < -0.4 is 5.32 Å². The number of carbonyl (C=O) groups excluding carboxylic acids is 1. The number of ether oxygens (including phenoxy) is 1. The van der Waals surface area contributed by atoms with Gasteiger partial charge in [-0.3, -0.25) is 4.79 Å². The molecule has 1 heterocycles. The van der Waals surface area contributed by atoms with Gasteiger partial charge in [0.25, 0.3) is 0 Å². The minimum Gasteiger partial charge on any atom is -0.465 e. The van der Waals surface area contributed by atoms with Gasteiger partial charge in [-0.25, -0.2) is 0 Å². The second kappa shape index (κ2) is 5.85. The Morgan fingerprint density at radius 3 is 2.76 bits per heavy atom. The van der Waals surface area contributed by atoms with E-state index in [9.17, 15) is 4.79 Å². The molecule has 2 aliphatic rings. The molecule has 17 heavy (non-hydrogen) atoms. The maximum absolute atomic E-state index is 12.3. The molecule has 1 aliphatic heterocycles. The van der Waals surface area contributed by atoms with E-state index >= 15 is 0 Å². The van der Waals surface area contributed by atoms with Crippen LogP contribution >= 0.6 is 0 Å². The molecule has 1 saturated heterocycles. The molecule has 0 spiro atoms. The Hall–Kier alpha value is -0.570. The van der Waals surface area contributed by atoms with Crippen LogP contribution in [0.15, 0.2) is 0 Å². The van der Waals surface area contributed by atoms with Crippen molar-refractivity contribution in [2.45, 2.75) is 51.9 Å². The summed E-state index contributed by atoms with van der Waals surface area (Å²) in [6.45, 7) is 4.57. The van der Waals surface area contributed by atoms with Gasteiger partial charge in [-0.2, -0.15) is 0 Å². The molecule has 1 N–H and O–H groups in total. The standard InChI is InChI=1S/C14H25NO2/c1-2-7-14(8-9-15-11-14)13(16)17-10-12-5-3-4-6-12/h12,15H,2-11H2,1H3. The zero-order valence-electron chi connectivity index (χ0n) is 11.0. The first-order chi connectivity index (χ1) is 8.27. The molecule has 2 rings (SSSR count). The number of rotatable bonds is 5. The Labute approximate surface area is 104 Å². The summed E-state index contributed by atoms with van der Waals surface area (Å²) in [5, 5.41) is 3.31. The van der Waals surface area contributed by atoms with Crippen molar-refractivity contribution < 1.29 is 9.53 Å². The summed E-state index contributed by atoms with van der Waals surface area (Å²) in [6.07, 6.45) is 8.07. The first kappa shape index (κ1) is 12.9. The fourth-order valence-corrected chi connectivity index (χ4v) is 3.24. The Bertz CT molecular complexity index is 253. The predicted molar refractivity (Wildman–Crippen MR) is 67.7 cm³/mol. The molecule has 3 heteroatoms. The van der Waals surface area contributed by atoms with Crippen LogP contribution in [-0.4, -0.2) is 25.7 Å². The largest absolute Gasteiger partial charge is 0.465 e. The summed E-state index contributed by atoms with van der Waals surface area (Å²) in [6, 6.07) is 0. The first-order valence-electron chi connectivity index (χ1n) is 7.15. The van der Waals surface area contributed by atoms with Crippen molar-refractivity contribution >= 4 is 5.97 Å². The summed E-state index contributed by atoms with van der Waals surface area (Å²) >= 11 is 0. The molecule has 0 amide bonds. The van der Waals surface area contributed by atoms with Crippen molar-refractivity contribution in [2.24, 2.45) is 11.3 Å². The maximum Gasteiger partial charge on any atom is 0.313 e. The fourth-order valence-electron chi connectivity index (χ4n) is 3.24. The number of carbonyl (C=O) groups is 1. The quantitative estimate of drug-likeness (QED) is 0.749. The van der Waals surface area contributed by atoms with Gasteiger partial charge in [-0.05, 0) is 38.1 Å². The van der Waals surface area contributed by atoms with Gasteiger partial charge >= 0.3 is 5.97 Å². The smallest absolute Gasteiger partial charge is 0.313 e. The number of nitrogens with one attached hydrogen (secondary N) is 1. The van der Waals surface area contributed by atoms with Gasteiger partial charge in [0.1, 0.15) is 0 Å². The molecular formula is C14H25NO2. The summed E-state index contributed by atoms with van der Waals surface area (Å²) in [5.41, 5.74) is -0.215. The highest BCUT2D eigenvalue weighted by atomic mass is 16.5. The molecule has 0 radical (unpaired) electrons. The number of hydrogen-bond acceptors (Lipinski definition) is 3. The molecule has 0 aromatic rings. The van der Waals surface area contributed by atoms with Crippen LogP contribution in [0.2, 0.25) is 0 Å². The van der Waals surface area contributed by atoms with Crippen molar-refractivity contribution in [1.29, 1.82) is 0 Å². The Morgan fingerprint density at radius 2 is 2.18 bits per heavy atom. The minimum atomic E-state index is -0.215. The lowest BCUT2D eigenvalue weighted by Gasteiger charge is -2.26. The summed E-state index contributed by atoms with van der Waals surface area (Å²) < 4.78 is 5.59. The molecule has 0 aromatic heterocycles. The highest BCUT2D eigenvalue weighted by molar-refractivity contribution is 5.77. The molecular weight excluding hydrogens is 214 g/mol. The van der Waals surface area contributed by atoms with Crippen LogP contribution in [-0.2, 0) is 9.53 Å². The van der Waals surface area contributed by atoms with Crippen LogP contribution in [0.1, 0.15) is 51.9 Å². The monoisotopic (exact) mass is 239 g/mol. The predicted octanol–water partition coefficient (Wildman–Crippen LogP) is 2.50. The van der Waals surface area contributed by atoms with E-state index in [0.29, 0.717) is 12.5 Å². The molecule has 0 aromatic carbocycles. The second-order valence-corrected chi connectivity index (χ2v) is 5.71. The zero-order chi connectivity index (χ0) is 12.1. The van der Waals surface area contributed by atoms with E-state index in [0.717, 1.165) is 32.4 Å². The molecule has 2 fully saturated rings. The van der Waals surface area contributed by atoms with Gasteiger partial charge in [0.2, 0.25) is 0 Å². The van der Waals surface area contributed by atoms with E-state index in [2.05, 4.69) is 12.2 Å². The van der Waals surface area contributed by atoms with Crippen molar-refractivity contribution in [3.05, 3.63) is 0 Å². The van der Waals surface area contributed by atoms with E-state index in [1.54, 1.807) is 0 Å². The molecule has 3 nitrogen and oxygen atoms in total. The maximum atomic E-state index is 12.3. The second-order valence-electron chi connectivity index (χ2n) is 5.71. The lowest BCUT2D eigenvalue weighted by atomic mass is 9.82. The van der Waals surface area contributed by atoms with Gasteiger partial charge in [-0.1, -0.05) is 26.2 Å². The van der Waals surface area contributed by atoms with Gasteiger partial charge in [0, 0.05) is 6.54 Å². The summed E-state index contributed by atoms with van der Waals surface area (Å²) in [7, 11) is 0. The average Bonchev–Trinajstić information content (AvgIpc) is 2.97. The normalized spacial score (nSPS) is 29.7. The summed E-state index contributed by atoms with van der Waals surface area (Å²) in [5.74, 6) is 0.684.